The first-order chi connectivity index (χ1) is 10.7. The second kappa shape index (κ2) is 7.72. The Morgan fingerprint density at radius 1 is 1.39 bits per heavy atom. The fourth-order valence-corrected chi connectivity index (χ4v) is 1.96. The molecule has 0 spiro atoms. The Hall–Kier alpha value is -2.43. The third-order valence-electron chi connectivity index (χ3n) is 3.86. The van der Waals surface area contributed by atoms with E-state index in [0.29, 0.717) is 11.3 Å². The summed E-state index contributed by atoms with van der Waals surface area (Å²) in [5.74, 6) is -0.135. The molecule has 1 aromatic rings. The van der Waals surface area contributed by atoms with E-state index in [1.54, 1.807) is 19.2 Å². The van der Waals surface area contributed by atoms with Crippen LogP contribution in [0, 0.1) is 5.53 Å². The minimum Gasteiger partial charge on any atom is -0.347 e. The van der Waals surface area contributed by atoms with Crippen molar-refractivity contribution in [2.75, 3.05) is 12.1 Å². The van der Waals surface area contributed by atoms with Crippen LogP contribution in [-0.4, -0.2) is 18.5 Å². The average molecular weight is 314 g/mol. The summed E-state index contributed by atoms with van der Waals surface area (Å²) in [6.45, 7) is 11.7. The lowest BCUT2D eigenvalue weighted by atomic mass is 9.99. The molecule has 1 amide bonds. The molecule has 0 aliphatic heterocycles. The maximum absolute atomic E-state index is 12.6. The van der Waals surface area contributed by atoms with Crippen LogP contribution in [0.25, 0.3) is 5.57 Å². The van der Waals surface area contributed by atoms with Crippen molar-refractivity contribution in [2.24, 2.45) is 5.22 Å². The van der Waals surface area contributed by atoms with E-state index in [9.17, 15) is 4.79 Å². The Morgan fingerprint density at radius 3 is 2.52 bits per heavy atom. The largest absolute Gasteiger partial charge is 0.347 e. The van der Waals surface area contributed by atoms with Gasteiger partial charge in [-0.2, -0.15) is 5.53 Å². The van der Waals surface area contributed by atoms with Crippen LogP contribution in [0.3, 0.4) is 0 Å². The first-order valence-corrected chi connectivity index (χ1v) is 7.62. The predicted octanol–water partition coefficient (Wildman–Crippen LogP) is 4.58. The van der Waals surface area contributed by atoms with Gasteiger partial charge in [-0.05, 0) is 56.5 Å². The molecule has 2 N–H and O–H groups in total. The number of amides is 1. The molecular formula is C18H26N4O. The third-order valence-corrected chi connectivity index (χ3v) is 3.86. The van der Waals surface area contributed by atoms with Crippen molar-refractivity contribution in [3.63, 3.8) is 0 Å². The van der Waals surface area contributed by atoms with E-state index in [0.717, 1.165) is 17.6 Å². The molecule has 124 valence electrons. The molecule has 0 bridgehead atoms. The van der Waals surface area contributed by atoms with Gasteiger partial charge in [0.25, 0.3) is 5.91 Å². The number of nitrogens with one attached hydrogen (secondary N) is 2. The summed E-state index contributed by atoms with van der Waals surface area (Å²) in [5.41, 5.74) is 10.0. The average Bonchev–Trinajstić information content (AvgIpc) is 2.53. The molecule has 0 saturated carbocycles. The Balaban J connectivity index is 3.33. The van der Waals surface area contributed by atoms with Gasteiger partial charge in [-0.3, -0.25) is 9.80 Å². The molecule has 0 fully saturated rings. The van der Waals surface area contributed by atoms with E-state index in [1.807, 2.05) is 45.9 Å². The van der Waals surface area contributed by atoms with Gasteiger partial charge in [-0.25, -0.2) is 0 Å². The normalized spacial score (nSPS) is 11.8. The fourth-order valence-electron chi connectivity index (χ4n) is 1.96. The monoisotopic (exact) mass is 314 g/mol. The lowest BCUT2D eigenvalue weighted by Gasteiger charge is -2.25. The molecule has 0 radical (unpaired) electrons. The van der Waals surface area contributed by atoms with Crippen LogP contribution in [0.4, 0.5) is 5.69 Å². The fraction of sp³-hybridized carbons (Fsp3) is 0.389. The van der Waals surface area contributed by atoms with Crippen LogP contribution in [0.15, 0.2) is 42.2 Å². The molecule has 1 aromatic carbocycles. The zero-order valence-electron chi connectivity index (χ0n) is 14.6. The molecule has 0 aliphatic carbocycles. The summed E-state index contributed by atoms with van der Waals surface area (Å²) in [5, 5.41) is 7.86. The van der Waals surface area contributed by atoms with Crippen molar-refractivity contribution in [1.82, 2.24) is 5.32 Å². The second-order valence-electron chi connectivity index (χ2n) is 6.17. The Morgan fingerprint density at radius 2 is 2.00 bits per heavy atom. The second-order valence-corrected chi connectivity index (χ2v) is 6.17. The number of hydrogen-bond donors (Lipinski definition) is 2. The number of anilines is 1. The summed E-state index contributed by atoms with van der Waals surface area (Å²) in [4.78, 5) is 12.6. The molecular weight excluding hydrogens is 288 g/mol. The highest BCUT2D eigenvalue weighted by atomic mass is 16.1. The van der Waals surface area contributed by atoms with Gasteiger partial charge in [0.2, 0.25) is 0 Å². The quantitative estimate of drug-likeness (QED) is 0.439. The van der Waals surface area contributed by atoms with Crippen molar-refractivity contribution in [3.05, 3.63) is 48.1 Å². The highest BCUT2D eigenvalue weighted by molar-refractivity contribution is 5.96. The van der Waals surface area contributed by atoms with E-state index in [2.05, 4.69) is 17.1 Å². The van der Waals surface area contributed by atoms with Crippen molar-refractivity contribution < 1.29 is 4.79 Å². The summed E-state index contributed by atoms with van der Waals surface area (Å²) < 4.78 is 0. The van der Waals surface area contributed by atoms with Gasteiger partial charge in [-0.15, -0.1) is 0 Å². The van der Waals surface area contributed by atoms with Gasteiger partial charge >= 0.3 is 0 Å². The highest BCUT2D eigenvalue weighted by Gasteiger charge is 2.20. The number of carbonyl (C=O) groups excluding carboxylic acids is 1. The summed E-state index contributed by atoms with van der Waals surface area (Å²) in [6.07, 6.45) is 4.43. The lowest BCUT2D eigenvalue weighted by molar-refractivity contribution is 0.0911. The maximum atomic E-state index is 12.6. The highest BCUT2D eigenvalue weighted by Crippen LogP contribution is 2.24. The van der Waals surface area contributed by atoms with Crippen molar-refractivity contribution in [2.45, 2.75) is 39.7 Å². The zero-order chi connectivity index (χ0) is 17.6. The van der Waals surface area contributed by atoms with Crippen LogP contribution in [0.5, 0.6) is 0 Å². The minimum absolute atomic E-state index is 0.135. The molecule has 5 heteroatoms. The van der Waals surface area contributed by atoms with Crippen LogP contribution in [-0.2, 0) is 0 Å². The standard InChI is InChI=1S/C18H26N4O/c1-7-9-13(3)14-10-15(12-16(11-14)22(6)21-19)17(23)20-18(4,5)8-2/h7,9-12,19H,1,8H2,2-6H3,(H,20,23)/b13-9+,21-19?. The van der Waals surface area contributed by atoms with Gasteiger partial charge in [0.05, 0.1) is 5.69 Å². The molecule has 0 aliphatic rings. The molecule has 0 unspecified atom stereocenters. The molecule has 1 rings (SSSR count). The number of benzene rings is 1. The van der Waals surface area contributed by atoms with E-state index >= 15 is 0 Å². The summed E-state index contributed by atoms with van der Waals surface area (Å²) in [7, 11) is 1.68. The number of hydrogen-bond acceptors (Lipinski definition) is 3. The van der Waals surface area contributed by atoms with Gasteiger partial charge in [0.15, 0.2) is 0 Å². The SMILES string of the molecule is C=C/C=C(\C)c1cc(C(=O)NC(C)(C)CC)cc(N(C)N=N)c1. The van der Waals surface area contributed by atoms with Gasteiger partial charge in [0, 0.05) is 18.2 Å². The predicted molar refractivity (Wildman–Crippen MR) is 95.7 cm³/mol. The first-order valence-electron chi connectivity index (χ1n) is 7.62. The first kappa shape index (κ1) is 18.6. The van der Waals surface area contributed by atoms with E-state index in [4.69, 9.17) is 5.53 Å². The van der Waals surface area contributed by atoms with E-state index < -0.39 is 0 Å². The van der Waals surface area contributed by atoms with Crippen molar-refractivity contribution >= 4 is 17.2 Å². The molecule has 0 atom stereocenters. The van der Waals surface area contributed by atoms with Crippen LogP contribution in [0.2, 0.25) is 0 Å². The van der Waals surface area contributed by atoms with Gasteiger partial charge in [-0.1, -0.05) is 30.9 Å². The lowest BCUT2D eigenvalue weighted by Crippen LogP contribution is -2.42. The minimum atomic E-state index is -0.273. The summed E-state index contributed by atoms with van der Waals surface area (Å²) >= 11 is 0. The summed E-state index contributed by atoms with van der Waals surface area (Å²) in [6, 6.07) is 5.48. The van der Waals surface area contributed by atoms with Crippen LogP contribution in [0.1, 0.15) is 50.0 Å². The van der Waals surface area contributed by atoms with Crippen molar-refractivity contribution in [1.29, 1.82) is 5.53 Å². The number of rotatable bonds is 7. The van der Waals surface area contributed by atoms with Gasteiger partial charge < -0.3 is 5.32 Å². The number of carbonyl (C=O) groups is 1. The molecule has 5 nitrogen and oxygen atoms in total. The van der Waals surface area contributed by atoms with E-state index in [-0.39, 0.29) is 11.4 Å². The maximum Gasteiger partial charge on any atom is 0.251 e. The topological polar surface area (TPSA) is 68.6 Å². The molecule has 0 heterocycles. The molecule has 0 saturated heterocycles. The zero-order valence-corrected chi connectivity index (χ0v) is 14.6. The molecule has 23 heavy (non-hydrogen) atoms. The van der Waals surface area contributed by atoms with Crippen LogP contribution < -0.4 is 10.3 Å². The smallest absolute Gasteiger partial charge is 0.251 e. The third kappa shape index (κ3) is 5.06. The van der Waals surface area contributed by atoms with Gasteiger partial charge in [0.1, 0.15) is 0 Å². The van der Waals surface area contributed by atoms with Crippen molar-refractivity contribution in [3.8, 4) is 0 Å². The Kier molecular flexibility index (Phi) is 6.25. The molecule has 0 aromatic heterocycles. The Bertz CT molecular complexity index is 632. The number of allylic oxidation sites excluding steroid dienone is 3. The Labute approximate surface area is 138 Å². The van der Waals surface area contributed by atoms with E-state index in [1.165, 1.54) is 5.01 Å². The number of nitrogens with zero attached hydrogens (tertiary/aromatic N) is 2. The van der Waals surface area contributed by atoms with Crippen LogP contribution >= 0.6 is 0 Å².